The standard InChI is InChI=1S/C15H28N2O2/c1-12-4-3-7-15(16,10-12)14(18)17(2)11-13-5-8-19-9-6-13/h12-13H,3-11,16H2,1-2H3. The molecule has 1 aliphatic heterocycles. The Bertz CT molecular complexity index is 315. The zero-order chi connectivity index (χ0) is 13.9. The first-order valence-corrected chi connectivity index (χ1v) is 7.63. The fraction of sp³-hybridized carbons (Fsp3) is 0.933. The van der Waals surface area contributed by atoms with Crippen LogP contribution < -0.4 is 5.73 Å². The van der Waals surface area contributed by atoms with E-state index in [4.69, 9.17) is 10.5 Å². The molecule has 1 amide bonds. The molecule has 1 saturated carbocycles. The molecular weight excluding hydrogens is 240 g/mol. The molecule has 1 aliphatic carbocycles. The van der Waals surface area contributed by atoms with Gasteiger partial charge in [0.2, 0.25) is 5.91 Å². The Morgan fingerprint density at radius 1 is 1.37 bits per heavy atom. The predicted molar refractivity (Wildman–Crippen MR) is 75.7 cm³/mol. The molecule has 0 aromatic rings. The number of nitrogens with two attached hydrogens (primary N) is 1. The van der Waals surface area contributed by atoms with E-state index in [1.54, 1.807) is 0 Å². The molecule has 2 rings (SSSR count). The van der Waals surface area contributed by atoms with Crippen molar-refractivity contribution in [3.8, 4) is 0 Å². The summed E-state index contributed by atoms with van der Waals surface area (Å²) < 4.78 is 5.36. The van der Waals surface area contributed by atoms with Gasteiger partial charge >= 0.3 is 0 Å². The zero-order valence-corrected chi connectivity index (χ0v) is 12.4. The van der Waals surface area contributed by atoms with Gasteiger partial charge in [-0.2, -0.15) is 0 Å². The lowest BCUT2D eigenvalue weighted by molar-refractivity contribution is -0.138. The highest BCUT2D eigenvalue weighted by Crippen LogP contribution is 2.32. The molecule has 0 spiro atoms. The van der Waals surface area contributed by atoms with Crippen LogP contribution in [0.25, 0.3) is 0 Å². The van der Waals surface area contributed by atoms with Gasteiger partial charge in [-0.1, -0.05) is 19.8 Å². The molecule has 19 heavy (non-hydrogen) atoms. The van der Waals surface area contributed by atoms with E-state index in [0.29, 0.717) is 11.8 Å². The minimum atomic E-state index is -0.614. The fourth-order valence-electron chi connectivity index (χ4n) is 3.57. The van der Waals surface area contributed by atoms with Crippen molar-refractivity contribution in [1.82, 2.24) is 4.90 Å². The second-order valence-corrected chi connectivity index (χ2v) is 6.60. The van der Waals surface area contributed by atoms with Crippen LogP contribution in [0.2, 0.25) is 0 Å². The highest BCUT2D eigenvalue weighted by Gasteiger charge is 2.40. The van der Waals surface area contributed by atoms with Gasteiger partial charge in [-0.3, -0.25) is 4.79 Å². The van der Waals surface area contributed by atoms with Gasteiger partial charge in [-0.05, 0) is 37.5 Å². The lowest BCUT2D eigenvalue weighted by Crippen LogP contribution is -2.57. The van der Waals surface area contributed by atoms with Crippen molar-refractivity contribution in [2.75, 3.05) is 26.8 Å². The van der Waals surface area contributed by atoms with Gasteiger partial charge in [0, 0.05) is 26.8 Å². The van der Waals surface area contributed by atoms with Gasteiger partial charge in [-0.15, -0.1) is 0 Å². The smallest absolute Gasteiger partial charge is 0.242 e. The molecule has 2 fully saturated rings. The van der Waals surface area contributed by atoms with Crippen LogP contribution >= 0.6 is 0 Å². The number of hydrogen-bond donors (Lipinski definition) is 1. The largest absolute Gasteiger partial charge is 0.381 e. The van der Waals surface area contributed by atoms with Crippen LogP contribution in [-0.4, -0.2) is 43.2 Å². The quantitative estimate of drug-likeness (QED) is 0.849. The second kappa shape index (κ2) is 6.23. The Morgan fingerprint density at radius 2 is 2.05 bits per heavy atom. The molecule has 4 nitrogen and oxygen atoms in total. The molecule has 1 saturated heterocycles. The predicted octanol–water partition coefficient (Wildman–Crippen LogP) is 1.78. The number of amides is 1. The maximum atomic E-state index is 12.6. The fourth-order valence-corrected chi connectivity index (χ4v) is 3.57. The van der Waals surface area contributed by atoms with Gasteiger partial charge in [0.1, 0.15) is 0 Å². The first-order chi connectivity index (χ1) is 9.01. The van der Waals surface area contributed by atoms with Crippen LogP contribution in [0.5, 0.6) is 0 Å². The Labute approximate surface area is 116 Å². The van der Waals surface area contributed by atoms with Gasteiger partial charge in [0.15, 0.2) is 0 Å². The molecule has 2 unspecified atom stereocenters. The minimum absolute atomic E-state index is 0.144. The van der Waals surface area contributed by atoms with E-state index in [0.717, 1.165) is 51.9 Å². The van der Waals surface area contributed by atoms with Crippen molar-refractivity contribution in [3.63, 3.8) is 0 Å². The average molecular weight is 268 g/mol. The molecular formula is C15H28N2O2. The van der Waals surface area contributed by atoms with Crippen LogP contribution in [-0.2, 0) is 9.53 Å². The van der Waals surface area contributed by atoms with Crippen LogP contribution in [0.3, 0.4) is 0 Å². The SMILES string of the molecule is CC1CCCC(N)(C(=O)N(C)CC2CCOCC2)C1. The summed E-state index contributed by atoms with van der Waals surface area (Å²) in [5.41, 5.74) is 5.77. The number of rotatable bonds is 3. The van der Waals surface area contributed by atoms with E-state index in [2.05, 4.69) is 6.92 Å². The molecule has 0 bridgehead atoms. The normalized spacial score (nSPS) is 33.1. The number of carbonyl (C=O) groups excluding carboxylic acids is 1. The monoisotopic (exact) mass is 268 g/mol. The molecule has 110 valence electrons. The van der Waals surface area contributed by atoms with E-state index >= 15 is 0 Å². The zero-order valence-electron chi connectivity index (χ0n) is 12.4. The van der Waals surface area contributed by atoms with Crippen molar-refractivity contribution in [2.45, 2.75) is 51.0 Å². The average Bonchev–Trinajstić information content (AvgIpc) is 2.38. The lowest BCUT2D eigenvalue weighted by Gasteiger charge is -2.39. The number of carbonyl (C=O) groups is 1. The third-order valence-corrected chi connectivity index (χ3v) is 4.68. The molecule has 2 atom stereocenters. The van der Waals surface area contributed by atoms with E-state index in [1.165, 1.54) is 6.42 Å². The van der Waals surface area contributed by atoms with Crippen molar-refractivity contribution >= 4 is 5.91 Å². The van der Waals surface area contributed by atoms with Gasteiger partial charge < -0.3 is 15.4 Å². The maximum absolute atomic E-state index is 12.6. The number of nitrogens with zero attached hydrogens (tertiary/aromatic N) is 1. The molecule has 2 N–H and O–H groups in total. The molecule has 0 aromatic heterocycles. The first-order valence-electron chi connectivity index (χ1n) is 7.63. The highest BCUT2D eigenvalue weighted by atomic mass is 16.5. The molecule has 0 radical (unpaired) electrons. The van der Waals surface area contributed by atoms with Gasteiger partial charge in [0.25, 0.3) is 0 Å². The van der Waals surface area contributed by atoms with Gasteiger partial charge in [-0.25, -0.2) is 0 Å². The van der Waals surface area contributed by atoms with Crippen LogP contribution in [0.15, 0.2) is 0 Å². The molecule has 2 aliphatic rings. The summed E-state index contributed by atoms with van der Waals surface area (Å²) >= 11 is 0. The van der Waals surface area contributed by atoms with E-state index in [-0.39, 0.29) is 5.91 Å². The second-order valence-electron chi connectivity index (χ2n) is 6.60. The summed E-state index contributed by atoms with van der Waals surface area (Å²) in [4.78, 5) is 14.5. The number of likely N-dealkylation sites (N-methyl/N-ethyl adjacent to an activating group) is 1. The van der Waals surface area contributed by atoms with E-state index in [9.17, 15) is 4.79 Å². The van der Waals surface area contributed by atoms with Gasteiger partial charge in [0.05, 0.1) is 5.54 Å². The Kier molecular flexibility index (Phi) is 4.85. The summed E-state index contributed by atoms with van der Waals surface area (Å²) in [5, 5.41) is 0. The lowest BCUT2D eigenvalue weighted by atomic mass is 9.76. The summed E-state index contributed by atoms with van der Waals surface area (Å²) in [6, 6.07) is 0. The maximum Gasteiger partial charge on any atom is 0.242 e. The molecule has 4 heteroatoms. The van der Waals surface area contributed by atoms with Crippen molar-refractivity contribution in [1.29, 1.82) is 0 Å². The van der Waals surface area contributed by atoms with Crippen molar-refractivity contribution in [2.24, 2.45) is 17.6 Å². The topological polar surface area (TPSA) is 55.6 Å². The highest BCUT2D eigenvalue weighted by molar-refractivity contribution is 5.86. The first kappa shape index (κ1) is 14.8. The van der Waals surface area contributed by atoms with Crippen LogP contribution in [0, 0.1) is 11.8 Å². The third kappa shape index (κ3) is 3.69. The molecule has 0 aromatic carbocycles. The van der Waals surface area contributed by atoms with Crippen molar-refractivity contribution in [3.05, 3.63) is 0 Å². The summed E-state index contributed by atoms with van der Waals surface area (Å²) in [7, 11) is 1.91. The minimum Gasteiger partial charge on any atom is -0.381 e. The Hall–Kier alpha value is -0.610. The number of ether oxygens (including phenoxy) is 1. The summed E-state index contributed by atoms with van der Waals surface area (Å²) in [5.74, 6) is 1.29. The van der Waals surface area contributed by atoms with E-state index in [1.807, 2.05) is 11.9 Å². The summed E-state index contributed by atoms with van der Waals surface area (Å²) in [6.45, 7) is 4.69. The Balaban J connectivity index is 1.90. The van der Waals surface area contributed by atoms with Crippen LogP contribution in [0.1, 0.15) is 45.4 Å². The molecule has 1 heterocycles. The van der Waals surface area contributed by atoms with Crippen molar-refractivity contribution < 1.29 is 9.53 Å². The number of hydrogen-bond acceptors (Lipinski definition) is 3. The van der Waals surface area contributed by atoms with Crippen LogP contribution in [0.4, 0.5) is 0 Å². The third-order valence-electron chi connectivity index (χ3n) is 4.68. The summed E-state index contributed by atoms with van der Waals surface area (Å²) in [6.07, 6.45) is 6.08. The van der Waals surface area contributed by atoms with E-state index < -0.39 is 5.54 Å². The Morgan fingerprint density at radius 3 is 2.68 bits per heavy atom.